The second kappa shape index (κ2) is 8.91. The lowest BCUT2D eigenvalue weighted by Gasteiger charge is -2.35. The predicted octanol–water partition coefficient (Wildman–Crippen LogP) is 0.372. The summed E-state index contributed by atoms with van der Waals surface area (Å²) in [6.45, 7) is 5.54. The molecule has 0 saturated carbocycles. The molecule has 0 aliphatic carbocycles. The van der Waals surface area contributed by atoms with Gasteiger partial charge in [-0.15, -0.1) is 10.2 Å². The molecule has 2 aromatic heterocycles. The zero-order chi connectivity index (χ0) is 21.9. The van der Waals surface area contributed by atoms with E-state index in [9.17, 15) is 9.59 Å². The molecule has 2 fully saturated rings. The molecule has 0 atom stereocenters. The van der Waals surface area contributed by atoms with Crippen LogP contribution < -0.4 is 15.4 Å². The number of fused-ring (bicyclic) bond motifs is 1. The van der Waals surface area contributed by atoms with Crippen molar-refractivity contribution in [3.8, 4) is 0 Å². The van der Waals surface area contributed by atoms with Crippen molar-refractivity contribution in [3.63, 3.8) is 0 Å². The van der Waals surface area contributed by atoms with Crippen LogP contribution in [0.3, 0.4) is 0 Å². The van der Waals surface area contributed by atoms with Crippen molar-refractivity contribution in [2.75, 3.05) is 62.3 Å². The van der Waals surface area contributed by atoms with Crippen molar-refractivity contribution < 1.29 is 9.53 Å². The smallest absolute Gasteiger partial charge is 0.261 e. The lowest BCUT2D eigenvalue weighted by Crippen LogP contribution is -2.50. The molecule has 0 spiro atoms. The average Bonchev–Trinajstić information content (AvgIpc) is 2.86. The Morgan fingerprint density at radius 3 is 2.22 bits per heavy atom. The summed E-state index contributed by atoms with van der Waals surface area (Å²) in [6.07, 6.45) is 1.45. The molecule has 0 unspecified atom stereocenters. The fourth-order valence-electron chi connectivity index (χ4n) is 4.10. The highest BCUT2D eigenvalue weighted by Gasteiger charge is 2.23. The first-order valence-corrected chi connectivity index (χ1v) is 10.8. The van der Waals surface area contributed by atoms with Crippen molar-refractivity contribution in [2.45, 2.75) is 6.54 Å². The Morgan fingerprint density at radius 2 is 1.53 bits per heavy atom. The van der Waals surface area contributed by atoms with Crippen LogP contribution in [0.15, 0.2) is 47.5 Å². The monoisotopic (exact) mass is 435 g/mol. The standard InChI is InChI=1S/C22H25N7O3/c30-21(15-29-16-23-18-4-2-1-3-17(18)22(29)31)28-9-7-26(8-10-28)19-5-6-20(25-24-19)27-11-13-32-14-12-27/h1-6,16H,7-15H2. The van der Waals surface area contributed by atoms with Gasteiger partial charge in [-0.3, -0.25) is 14.2 Å². The molecule has 5 rings (SSSR count). The third-order valence-corrected chi connectivity index (χ3v) is 5.96. The molecule has 0 radical (unpaired) electrons. The molecule has 2 aliphatic heterocycles. The fraction of sp³-hybridized carbons (Fsp3) is 0.409. The van der Waals surface area contributed by atoms with Crippen LogP contribution in [-0.2, 0) is 16.1 Å². The van der Waals surface area contributed by atoms with Gasteiger partial charge in [0.15, 0.2) is 11.6 Å². The van der Waals surface area contributed by atoms with E-state index in [1.807, 2.05) is 18.2 Å². The van der Waals surface area contributed by atoms with Crippen LogP contribution in [0.25, 0.3) is 10.9 Å². The van der Waals surface area contributed by atoms with Gasteiger partial charge in [0.05, 0.1) is 30.4 Å². The van der Waals surface area contributed by atoms with Gasteiger partial charge in [0, 0.05) is 39.3 Å². The number of carbonyl (C=O) groups excluding carboxylic acids is 1. The number of nitrogens with zero attached hydrogens (tertiary/aromatic N) is 7. The summed E-state index contributed by atoms with van der Waals surface area (Å²) in [6, 6.07) is 11.1. The molecule has 0 N–H and O–H groups in total. The number of aromatic nitrogens is 4. The maximum Gasteiger partial charge on any atom is 0.261 e. The number of anilines is 2. The van der Waals surface area contributed by atoms with Crippen molar-refractivity contribution >= 4 is 28.4 Å². The van der Waals surface area contributed by atoms with Gasteiger partial charge >= 0.3 is 0 Å². The number of rotatable bonds is 4. The zero-order valence-corrected chi connectivity index (χ0v) is 17.8. The van der Waals surface area contributed by atoms with Gasteiger partial charge in [-0.05, 0) is 24.3 Å². The number of hydrogen-bond donors (Lipinski definition) is 0. The minimum Gasteiger partial charge on any atom is -0.378 e. The topological polar surface area (TPSA) is 96.7 Å². The summed E-state index contributed by atoms with van der Waals surface area (Å²) >= 11 is 0. The van der Waals surface area contributed by atoms with Gasteiger partial charge in [-0.1, -0.05) is 12.1 Å². The molecular formula is C22H25N7O3. The summed E-state index contributed by atoms with van der Waals surface area (Å²) in [5.74, 6) is 1.59. The van der Waals surface area contributed by atoms with Crippen molar-refractivity contribution in [3.05, 3.63) is 53.1 Å². The number of morpholine rings is 1. The molecular weight excluding hydrogens is 410 g/mol. The number of piperazine rings is 1. The van der Waals surface area contributed by atoms with Crippen LogP contribution in [0, 0.1) is 0 Å². The van der Waals surface area contributed by atoms with Crippen LogP contribution in [-0.4, -0.2) is 83.0 Å². The average molecular weight is 435 g/mol. The number of para-hydroxylation sites is 1. The van der Waals surface area contributed by atoms with E-state index >= 15 is 0 Å². The van der Waals surface area contributed by atoms with E-state index in [0.29, 0.717) is 50.3 Å². The lowest BCUT2D eigenvalue weighted by atomic mass is 10.2. The fourth-order valence-corrected chi connectivity index (χ4v) is 4.10. The highest BCUT2D eigenvalue weighted by Crippen LogP contribution is 2.17. The second-order valence-electron chi connectivity index (χ2n) is 7.91. The Balaban J connectivity index is 1.19. The quantitative estimate of drug-likeness (QED) is 0.580. The first-order chi connectivity index (χ1) is 15.7. The Morgan fingerprint density at radius 1 is 0.875 bits per heavy atom. The summed E-state index contributed by atoms with van der Waals surface area (Å²) in [4.78, 5) is 35.8. The van der Waals surface area contributed by atoms with E-state index in [2.05, 4.69) is 25.0 Å². The Bertz CT molecular complexity index is 1150. The van der Waals surface area contributed by atoms with E-state index in [-0.39, 0.29) is 18.0 Å². The number of benzene rings is 1. The minimum absolute atomic E-state index is 0.00921. The predicted molar refractivity (Wildman–Crippen MR) is 120 cm³/mol. The molecule has 10 nitrogen and oxygen atoms in total. The maximum atomic E-state index is 12.8. The summed E-state index contributed by atoms with van der Waals surface area (Å²) < 4.78 is 6.76. The van der Waals surface area contributed by atoms with Crippen LogP contribution >= 0.6 is 0 Å². The minimum atomic E-state index is -0.196. The normalized spacial score (nSPS) is 17.1. The summed E-state index contributed by atoms with van der Waals surface area (Å²) in [5, 5.41) is 9.29. The van der Waals surface area contributed by atoms with E-state index in [1.165, 1.54) is 10.9 Å². The molecule has 1 aromatic carbocycles. The molecule has 1 amide bonds. The first kappa shape index (κ1) is 20.4. The molecule has 166 valence electrons. The zero-order valence-electron chi connectivity index (χ0n) is 17.8. The van der Waals surface area contributed by atoms with Gasteiger partial charge in [0.1, 0.15) is 6.54 Å². The number of amides is 1. The van der Waals surface area contributed by atoms with Gasteiger partial charge < -0.3 is 19.4 Å². The second-order valence-corrected chi connectivity index (χ2v) is 7.91. The maximum absolute atomic E-state index is 12.8. The van der Waals surface area contributed by atoms with Gasteiger partial charge in [0.25, 0.3) is 5.56 Å². The van der Waals surface area contributed by atoms with Crippen LogP contribution in [0.2, 0.25) is 0 Å². The van der Waals surface area contributed by atoms with E-state index in [0.717, 1.165) is 24.7 Å². The van der Waals surface area contributed by atoms with E-state index in [4.69, 9.17) is 4.74 Å². The van der Waals surface area contributed by atoms with Crippen molar-refractivity contribution in [1.29, 1.82) is 0 Å². The highest BCUT2D eigenvalue weighted by molar-refractivity contribution is 5.79. The largest absolute Gasteiger partial charge is 0.378 e. The van der Waals surface area contributed by atoms with Crippen molar-refractivity contribution in [1.82, 2.24) is 24.6 Å². The van der Waals surface area contributed by atoms with Crippen molar-refractivity contribution in [2.24, 2.45) is 0 Å². The van der Waals surface area contributed by atoms with Crippen LogP contribution in [0.4, 0.5) is 11.6 Å². The first-order valence-electron chi connectivity index (χ1n) is 10.8. The van der Waals surface area contributed by atoms with Crippen LogP contribution in [0.1, 0.15) is 0 Å². The Kier molecular flexibility index (Phi) is 5.68. The number of hydrogen-bond acceptors (Lipinski definition) is 8. The summed E-state index contributed by atoms with van der Waals surface area (Å²) in [7, 11) is 0. The molecule has 32 heavy (non-hydrogen) atoms. The van der Waals surface area contributed by atoms with E-state index in [1.54, 1.807) is 23.1 Å². The van der Waals surface area contributed by atoms with Crippen LogP contribution in [0.5, 0.6) is 0 Å². The highest BCUT2D eigenvalue weighted by atomic mass is 16.5. The van der Waals surface area contributed by atoms with E-state index < -0.39 is 0 Å². The van der Waals surface area contributed by atoms with Gasteiger partial charge in [-0.2, -0.15) is 0 Å². The SMILES string of the molecule is O=C(Cn1cnc2ccccc2c1=O)N1CCN(c2ccc(N3CCOCC3)nn2)CC1. The molecule has 2 aliphatic rings. The molecule has 10 heteroatoms. The summed E-state index contributed by atoms with van der Waals surface area (Å²) in [5.41, 5.74) is 0.439. The van der Waals surface area contributed by atoms with Gasteiger partial charge in [-0.25, -0.2) is 4.98 Å². The molecule has 4 heterocycles. The van der Waals surface area contributed by atoms with Gasteiger partial charge in [0.2, 0.25) is 5.91 Å². The Labute approximate surface area is 185 Å². The molecule has 0 bridgehead atoms. The Hall–Kier alpha value is -3.53. The molecule has 3 aromatic rings. The number of ether oxygens (including phenoxy) is 1. The lowest BCUT2D eigenvalue weighted by molar-refractivity contribution is -0.132. The third kappa shape index (κ3) is 4.13. The third-order valence-electron chi connectivity index (χ3n) is 5.96. The molecule has 2 saturated heterocycles. The number of carbonyl (C=O) groups is 1.